The molecule has 0 aliphatic rings. The number of aromatic nitrogens is 1. The largest absolute Gasteiger partial charge is 0.481 e. The fourth-order valence-corrected chi connectivity index (χ4v) is 3.38. The van der Waals surface area contributed by atoms with Gasteiger partial charge in [0.05, 0.1) is 0 Å². The Labute approximate surface area is 120 Å². The molecule has 106 valence electrons. The predicted molar refractivity (Wildman–Crippen MR) is 73.2 cm³/mol. The third-order valence-corrected chi connectivity index (χ3v) is 4.46. The SMILES string of the molecule is CC(C)(CCC(=O)O)NS(=O)(=O)c1cncc(Br)c1. The van der Waals surface area contributed by atoms with Crippen molar-refractivity contribution in [2.75, 3.05) is 0 Å². The van der Waals surface area contributed by atoms with Gasteiger partial charge >= 0.3 is 5.97 Å². The van der Waals surface area contributed by atoms with Crippen LogP contribution in [0.1, 0.15) is 26.7 Å². The molecule has 6 nitrogen and oxygen atoms in total. The Bertz CT molecular complexity index is 572. The number of hydrogen-bond donors (Lipinski definition) is 2. The topological polar surface area (TPSA) is 96.4 Å². The number of hydrogen-bond acceptors (Lipinski definition) is 4. The first kappa shape index (κ1) is 16.1. The summed E-state index contributed by atoms with van der Waals surface area (Å²) in [6.07, 6.45) is 2.81. The van der Waals surface area contributed by atoms with Crippen LogP contribution in [0.25, 0.3) is 0 Å². The second-order valence-electron chi connectivity index (χ2n) is 4.72. The maximum Gasteiger partial charge on any atom is 0.303 e. The van der Waals surface area contributed by atoms with E-state index in [0.717, 1.165) is 0 Å². The van der Waals surface area contributed by atoms with Crippen molar-refractivity contribution in [2.45, 2.75) is 37.1 Å². The number of carboxylic acids is 1. The fraction of sp³-hybridized carbons (Fsp3) is 0.455. The average Bonchev–Trinajstić information content (AvgIpc) is 2.25. The van der Waals surface area contributed by atoms with E-state index in [9.17, 15) is 13.2 Å². The Kier molecular flexibility index (Phi) is 5.05. The summed E-state index contributed by atoms with van der Waals surface area (Å²) in [5.41, 5.74) is -0.848. The van der Waals surface area contributed by atoms with Crippen molar-refractivity contribution in [1.29, 1.82) is 0 Å². The molecule has 1 heterocycles. The normalized spacial score (nSPS) is 12.4. The van der Waals surface area contributed by atoms with Gasteiger partial charge in [0, 0.05) is 28.8 Å². The third kappa shape index (κ3) is 5.25. The summed E-state index contributed by atoms with van der Waals surface area (Å²) < 4.78 is 27.3. The lowest BCUT2D eigenvalue weighted by Crippen LogP contribution is -2.43. The molecule has 0 aliphatic carbocycles. The number of pyridine rings is 1. The number of sulfonamides is 1. The second kappa shape index (κ2) is 5.98. The molecule has 19 heavy (non-hydrogen) atoms. The molecule has 2 N–H and O–H groups in total. The molecule has 0 radical (unpaired) electrons. The Morgan fingerprint density at radius 3 is 2.63 bits per heavy atom. The van der Waals surface area contributed by atoms with E-state index < -0.39 is 21.5 Å². The van der Waals surface area contributed by atoms with Gasteiger partial charge in [0.25, 0.3) is 0 Å². The summed E-state index contributed by atoms with van der Waals surface area (Å²) in [5, 5.41) is 8.64. The van der Waals surface area contributed by atoms with Crippen LogP contribution < -0.4 is 4.72 Å². The van der Waals surface area contributed by atoms with E-state index in [1.807, 2.05) is 0 Å². The quantitative estimate of drug-likeness (QED) is 0.814. The molecule has 0 spiro atoms. The van der Waals surface area contributed by atoms with Crippen molar-refractivity contribution in [3.8, 4) is 0 Å². The summed E-state index contributed by atoms with van der Waals surface area (Å²) in [4.78, 5) is 14.4. The highest BCUT2D eigenvalue weighted by atomic mass is 79.9. The first-order valence-electron chi connectivity index (χ1n) is 5.49. The highest BCUT2D eigenvalue weighted by Crippen LogP contribution is 2.19. The van der Waals surface area contributed by atoms with Gasteiger partial charge in [0.15, 0.2) is 0 Å². The molecule has 0 aromatic carbocycles. The highest BCUT2D eigenvalue weighted by Gasteiger charge is 2.27. The minimum Gasteiger partial charge on any atom is -0.481 e. The maximum atomic E-state index is 12.1. The molecule has 0 amide bonds. The average molecular weight is 351 g/mol. The van der Waals surface area contributed by atoms with Gasteiger partial charge in [0.1, 0.15) is 4.90 Å². The molecule has 0 saturated carbocycles. The van der Waals surface area contributed by atoms with Crippen LogP contribution in [0.3, 0.4) is 0 Å². The number of nitrogens with one attached hydrogen (secondary N) is 1. The summed E-state index contributed by atoms with van der Waals surface area (Å²) in [7, 11) is -3.72. The summed E-state index contributed by atoms with van der Waals surface area (Å²) in [5.74, 6) is -0.962. The van der Waals surface area contributed by atoms with Crippen molar-refractivity contribution < 1.29 is 18.3 Å². The molecule has 1 aromatic rings. The van der Waals surface area contributed by atoms with Crippen LogP contribution in [0.5, 0.6) is 0 Å². The molecule has 1 rings (SSSR count). The number of nitrogens with zero attached hydrogens (tertiary/aromatic N) is 1. The standard InChI is InChI=1S/C11H15BrN2O4S/c1-11(2,4-3-10(15)16)14-19(17,18)9-5-8(12)6-13-7-9/h5-7,14H,3-4H2,1-2H3,(H,15,16). The molecular weight excluding hydrogens is 336 g/mol. The number of carboxylic acid groups (broad SMARTS) is 1. The van der Waals surface area contributed by atoms with Crippen LogP contribution in [0.2, 0.25) is 0 Å². The van der Waals surface area contributed by atoms with Crippen LogP contribution in [0.15, 0.2) is 27.8 Å². The van der Waals surface area contributed by atoms with Crippen molar-refractivity contribution >= 4 is 31.9 Å². The Morgan fingerprint density at radius 1 is 1.47 bits per heavy atom. The van der Waals surface area contributed by atoms with E-state index in [0.29, 0.717) is 4.47 Å². The van der Waals surface area contributed by atoms with Gasteiger partial charge in [-0.25, -0.2) is 13.1 Å². The summed E-state index contributed by atoms with van der Waals surface area (Å²) in [6.45, 7) is 3.28. The number of rotatable bonds is 6. The first-order valence-corrected chi connectivity index (χ1v) is 7.76. The van der Waals surface area contributed by atoms with Gasteiger partial charge < -0.3 is 5.11 Å². The molecule has 0 saturated heterocycles. The lowest BCUT2D eigenvalue weighted by molar-refractivity contribution is -0.137. The number of aliphatic carboxylic acids is 1. The Morgan fingerprint density at radius 2 is 2.11 bits per heavy atom. The van der Waals surface area contributed by atoms with Crippen LogP contribution in [0.4, 0.5) is 0 Å². The molecular formula is C11H15BrN2O4S. The molecule has 8 heteroatoms. The third-order valence-electron chi connectivity index (χ3n) is 2.36. The highest BCUT2D eigenvalue weighted by molar-refractivity contribution is 9.10. The van der Waals surface area contributed by atoms with Gasteiger partial charge in [-0.15, -0.1) is 0 Å². The monoisotopic (exact) mass is 350 g/mol. The van der Waals surface area contributed by atoms with Crippen LogP contribution in [-0.2, 0) is 14.8 Å². The van der Waals surface area contributed by atoms with E-state index in [4.69, 9.17) is 5.11 Å². The number of halogens is 1. The van der Waals surface area contributed by atoms with Crippen molar-refractivity contribution in [2.24, 2.45) is 0 Å². The van der Waals surface area contributed by atoms with Crippen LogP contribution >= 0.6 is 15.9 Å². The van der Waals surface area contributed by atoms with E-state index in [-0.39, 0.29) is 17.7 Å². The first-order chi connectivity index (χ1) is 8.62. The van der Waals surface area contributed by atoms with E-state index in [2.05, 4.69) is 25.6 Å². The molecule has 1 aromatic heterocycles. The van der Waals surface area contributed by atoms with Crippen molar-refractivity contribution in [1.82, 2.24) is 9.71 Å². The van der Waals surface area contributed by atoms with Gasteiger partial charge in [-0.05, 0) is 42.3 Å². The summed E-state index contributed by atoms with van der Waals surface area (Å²) >= 11 is 3.15. The minimum atomic E-state index is -3.72. The molecule has 0 aliphatic heterocycles. The molecule has 0 bridgehead atoms. The molecule has 0 fully saturated rings. The molecule has 0 atom stereocenters. The van der Waals surface area contributed by atoms with E-state index in [1.165, 1.54) is 18.5 Å². The second-order valence-corrected chi connectivity index (χ2v) is 7.32. The minimum absolute atomic E-state index is 0.0327. The fourth-order valence-electron chi connectivity index (χ4n) is 1.43. The predicted octanol–water partition coefficient (Wildman–Crippen LogP) is 1.77. The smallest absolute Gasteiger partial charge is 0.303 e. The van der Waals surface area contributed by atoms with Gasteiger partial charge in [-0.3, -0.25) is 9.78 Å². The summed E-state index contributed by atoms with van der Waals surface area (Å²) in [6, 6.07) is 1.43. The zero-order valence-electron chi connectivity index (χ0n) is 10.6. The number of carbonyl (C=O) groups is 1. The van der Waals surface area contributed by atoms with Gasteiger partial charge in [0.2, 0.25) is 10.0 Å². The molecule has 0 unspecified atom stereocenters. The Balaban J connectivity index is 2.87. The van der Waals surface area contributed by atoms with Crippen LogP contribution in [-0.4, -0.2) is 30.0 Å². The zero-order valence-corrected chi connectivity index (χ0v) is 13.0. The van der Waals surface area contributed by atoms with Crippen molar-refractivity contribution in [3.05, 3.63) is 22.9 Å². The zero-order chi connectivity index (χ0) is 14.7. The lowest BCUT2D eigenvalue weighted by atomic mass is 10.0. The van der Waals surface area contributed by atoms with Crippen molar-refractivity contribution in [3.63, 3.8) is 0 Å². The lowest BCUT2D eigenvalue weighted by Gasteiger charge is -2.25. The van der Waals surface area contributed by atoms with Crippen LogP contribution in [0, 0.1) is 0 Å². The van der Waals surface area contributed by atoms with Gasteiger partial charge in [-0.2, -0.15) is 0 Å². The van der Waals surface area contributed by atoms with E-state index in [1.54, 1.807) is 13.8 Å². The van der Waals surface area contributed by atoms with Gasteiger partial charge in [-0.1, -0.05) is 0 Å². The Hall–Kier alpha value is -0.990. The van der Waals surface area contributed by atoms with E-state index >= 15 is 0 Å². The maximum absolute atomic E-state index is 12.1.